The summed E-state index contributed by atoms with van der Waals surface area (Å²) in [5.41, 5.74) is 1.85. The molecule has 2 aromatic carbocycles. The number of carbonyl (C=O) groups is 7. The van der Waals surface area contributed by atoms with Gasteiger partial charge in [0.15, 0.2) is 0 Å². The van der Waals surface area contributed by atoms with Crippen molar-refractivity contribution in [2.24, 2.45) is 5.92 Å². The highest BCUT2D eigenvalue weighted by Crippen LogP contribution is 2.21. The molecule has 0 saturated heterocycles. The van der Waals surface area contributed by atoms with Crippen LogP contribution in [0.15, 0.2) is 48.5 Å². The van der Waals surface area contributed by atoms with Gasteiger partial charge in [-0.2, -0.15) is 0 Å². The number of amides is 6. The highest BCUT2D eigenvalue weighted by Gasteiger charge is 2.31. The van der Waals surface area contributed by atoms with Gasteiger partial charge >= 0.3 is 18.2 Å². The van der Waals surface area contributed by atoms with Crippen LogP contribution in [0.5, 0.6) is 0 Å². The number of carboxylic acids is 1. The zero-order valence-electron chi connectivity index (χ0n) is 37.5. The molecule has 0 spiro atoms. The molecule has 7 N–H and O–H groups in total. The summed E-state index contributed by atoms with van der Waals surface area (Å²) in [5, 5.41) is 25.0. The van der Waals surface area contributed by atoms with Gasteiger partial charge in [-0.25, -0.2) is 14.4 Å². The van der Waals surface area contributed by atoms with Gasteiger partial charge in [0, 0.05) is 12.1 Å². The maximum absolute atomic E-state index is 14.0. The lowest BCUT2D eigenvalue weighted by Crippen LogP contribution is -2.59. The zero-order valence-corrected chi connectivity index (χ0v) is 37.5. The molecule has 0 unspecified atom stereocenters. The lowest BCUT2D eigenvalue weighted by Gasteiger charge is -2.26. The molecular formula is C45H68N6O10. The van der Waals surface area contributed by atoms with E-state index >= 15 is 0 Å². The van der Waals surface area contributed by atoms with Crippen molar-refractivity contribution in [1.29, 1.82) is 0 Å². The molecular weight excluding hydrogens is 785 g/mol. The van der Waals surface area contributed by atoms with Crippen LogP contribution in [0.1, 0.15) is 124 Å². The fraction of sp³-hybridized carbons (Fsp3) is 0.578. The molecule has 61 heavy (non-hydrogen) atoms. The van der Waals surface area contributed by atoms with Crippen LogP contribution in [0.3, 0.4) is 0 Å². The van der Waals surface area contributed by atoms with Gasteiger partial charge < -0.3 is 46.5 Å². The van der Waals surface area contributed by atoms with E-state index < -0.39 is 83.7 Å². The van der Waals surface area contributed by atoms with Gasteiger partial charge in [-0.1, -0.05) is 63.6 Å². The molecule has 0 aromatic heterocycles. The predicted octanol–water partition coefficient (Wildman–Crippen LogP) is 5.62. The molecule has 0 aliphatic carbocycles. The molecule has 2 rings (SSSR count). The first-order chi connectivity index (χ1) is 28.5. The van der Waals surface area contributed by atoms with Gasteiger partial charge in [-0.15, -0.1) is 0 Å². The van der Waals surface area contributed by atoms with Crippen LogP contribution in [-0.2, 0) is 35.1 Å². The van der Waals surface area contributed by atoms with E-state index in [9.17, 15) is 38.7 Å². The first kappa shape index (κ1) is 51.5. The summed E-state index contributed by atoms with van der Waals surface area (Å²) in [7, 11) is 0. The molecule has 0 saturated carbocycles. The first-order valence-corrected chi connectivity index (χ1v) is 21.1. The minimum Gasteiger partial charge on any atom is -0.480 e. The summed E-state index contributed by atoms with van der Waals surface area (Å²) >= 11 is 0. The maximum Gasteiger partial charge on any atom is 0.407 e. The number of hydrogen-bond donors (Lipinski definition) is 7. The lowest BCUT2D eigenvalue weighted by atomic mass is 10.0. The van der Waals surface area contributed by atoms with Gasteiger partial charge in [-0.05, 0) is 122 Å². The number of aryl methyl sites for hydroxylation is 1. The van der Waals surface area contributed by atoms with Crippen LogP contribution in [0.25, 0.3) is 11.1 Å². The van der Waals surface area contributed by atoms with E-state index in [0.717, 1.165) is 30.4 Å². The summed E-state index contributed by atoms with van der Waals surface area (Å²) in [6.45, 7) is 17.1. The van der Waals surface area contributed by atoms with E-state index in [0.29, 0.717) is 12.8 Å². The molecule has 16 heteroatoms. The molecule has 0 aliphatic rings. The molecule has 338 valence electrons. The Balaban J connectivity index is 2.31. The number of aliphatic carboxylic acids is 1. The van der Waals surface area contributed by atoms with Crippen molar-refractivity contribution in [3.05, 3.63) is 59.7 Å². The van der Waals surface area contributed by atoms with Crippen LogP contribution in [0, 0.1) is 5.92 Å². The third kappa shape index (κ3) is 20.4. The Morgan fingerprint density at radius 1 is 0.623 bits per heavy atom. The van der Waals surface area contributed by atoms with Gasteiger partial charge in [0.2, 0.25) is 17.7 Å². The van der Waals surface area contributed by atoms with Crippen LogP contribution >= 0.6 is 0 Å². The van der Waals surface area contributed by atoms with Crippen molar-refractivity contribution in [2.45, 2.75) is 150 Å². The zero-order chi connectivity index (χ0) is 45.9. The number of alkyl carbamates (subject to hydrolysis) is 2. The third-order valence-corrected chi connectivity index (χ3v) is 9.02. The average Bonchev–Trinajstić information content (AvgIpc) is 3.16. The number of benzene rings is 2. The lowest BCUT2D eigenvalue weighted by molar-refractivity contribution is -0.142. The fourth-order valence-corrected chi connectivity index (χ4v) is 5.90. The quantitative estimate of drug-likeness (QED) is 0.0723. The number of rotatable bonds is 22. The first-order valence-electron chi connectivity index (χ1n) is 21.1. The van der Waals surface area contributed by atoms with Crippen LogP contribution < -0.4 is 31.9 Å². The Kier molecular flexibility index (Phi) is 20.7. The Morgan fingerprint density at radius 3 is 1.67 bits per heavy atom. The molecule has 0 radical (unpaired) electrons. The van der Waals surface area contributed by atoms with Crippen LogP contribution in [0.4, 0.5) is 9.59 Å². The molecule has 16 nitrogen and oxygen atoms in total. The summed E-state index contributed by atoms with van der Waals surface area (Å²) in [4.78, 5) is 90.9. The molecule has 0 bridgehead atoms. The molecule has 4 atom stereocenters. The summed E-state index contributed by atoms with van der Waals surface area (Å²) in [5.74, 6) is -4.24. The Morgan fingerprint density at radius 2 is 1.15 bits per heavy atom. The van der Waals surface area contributed by atoms with E-state index in [1.807, 2.05) is 24.3 Å². The molecule has 2 aromatic rings. The van der Waals surface area contributed by atoms with Crippen molar-refractivity contribution in [2.75, 3.05) is 13.1 Å². The van der Waals surface area contributed by atoms with E-state index in [2.05, 4.69) is 51.0 Å². The number of carbonyl (C=O) groups excluding carboxylic acids is 6. The van der Waals surface area contributed by atoms with E-state index in [1.54, 1.807) is 67.5 Å². The standard InChI is InChI=1S/C45H68N6O10/c1-11-12-15-30-17-19-31(20-18-30)32-21-23-33(24-22-32)38(53)49-34(16-13-14-25-46-42(58)60-44(5,6)7)39(54)51-36(27-47-43(59)61-45(8,9)10)40(55)48-29(4)37(52)50-35(41(56)57)26-28(2)3/h17-24,28-29,34-36H,11-16,25-27H2,1-10H3,(H,46,58)(H,47,59)(H,48,55)(H,49,53)(H,50,52)(H,51,54)(H,56,57)/t29-,34-,35-,36-/m0/s1. The Bertz CT molecular complexity index is 1770. The number of carboxylic acid groups (broad SMARTS) is 1. The van der Waals surface area contributed by atoms with Crippen molar-refractivity contribution in [3.63, 3.8) is 0 Å². The summed E-state index contributed by atoms with van der Waals surface area (Å²) in [6.07, 6.45) is 2.76. The molecule has 0 aliphatic heterocycles. The van der Waals surface area contributed by atoms with Gasteiger partial charge in [0.25, 0.3) is 5.91 Å². The number of ether oxygens (including phenoxy) is 2. The van der Waals surface area contributed by atoms with Crippen LogP contribution in [-0.4, -0.2) is 95.4 Å². The third-order valence-electron chi connectivity index (χ3n) is 9.02. The number of nitrogens with one attached hydrogen (secondary N) is 6. The Hall–Kier alpha value is -5.67. The second-order valence-corrected chi connectivity index (χ2v) is 17.5. The smallest absolute Gasteiger partial charge is 0.407 e. The largest absolute Gasteiger partial charge is 0.480 e. The number of unbranched alkanes of at least 4 members (excludes halogenated alkanes) is 2. The highest BCUT2D eigenvalue weighted by molar-refractivity contribution is 5.99. The van der Waals surface area contributed by atoms with Crippen molar-refractivity contribution in [3.8, 4) is 11.1 Å². The van der Waals surface area contributed by atoms with Crippen molar-refractivity contribution < 1.29 is 48.1 Å². The van der Waals surface area contributed by atoms with E-state index in [-0.39, 0.29) is 30.9 Å². The minimum atomic E-state index is -1.47. The van der Waals surface area contributed by atoms with Gasteiger partial charge in [0.1, 0.15) is 35.4 Å². The van der Waals surface area contributed by atoms with E-state index in [4.69, 9.17) is 9.47 Å². The maximum atomic E-state index is 14.0. The minimum absolute atomic E-state index is 0.0446. The van der Waals surface area contributed by atoms with Crippen LogP contribution in [0.2, 0.25) is 0 Å². The van der Waals surface area contributed by atoms with E-state index in [1.165, 1.54) is 12.5 Å². The fourth-order valence-electron chi connectivity index (χ4n) is 5.90. The normalized spacial score (nSPS) is 13.4. The summed E-state index contributed by atoms with van der Waals surface area (Å²) in [6, 6.07) is 10.1. The molecule has 0 fully saturated rings. The van der Waals surface area contributed by atoms with Crippen molar-refractivity contribution in [1.82, 2.24) is 31.9 Å². The second kappa shape index (κ2) is 24.6. The second-order valence-electron chi connectivity index (χ2n) is 17.5. The average molecular weight is 853 g/mol. The summed E-state index contributed by atoms with van der Waals surface area (Å²) < 4.78 is 10.6. The van der Waals surface area contributed by atoms with Gasteiger partial charge in [0.05, 0.1) is 6.54 Å². The molecule has 6 amide bonds. The number of hydrogen-bond acceptors (Lipinski definition) is 9. The molecule has 0 heterocycles. The highest BCUT2D eigenvalue weighted by atomic mass is 16.6. The predicted molar refractivity (Wildman–Crippen MR) is 233 cm³/mol. The topological polar surface area (TPSA) is 230 Å². The van der Waals surface area contributed by atoms with Gasteiger partial charge in [-0.3, -0.25) is 19.2 Å². The van der Waals surface area contributed by atoms with Crippen molar-refractivity contribution >= 4 is 41.8 Å². The monoisotopic (exact) mass is 852 g/mol. The SMILES string of the molecule is CCCCc1ccc(-c2ccc(C(=O)N[C@@H](CCCCNC(=O)OC(C)(C)C)C(=O)N[C@@H](CNC(=O)OC(C)(C)C)C(=O)N[C@@H](C)C(=O)N[C@@H](CC(C)C)C(=O)O)cc2)cc1. The Labute approximate surface area is 360 Å².